The molecule has 56 valence electrons. The summed E-state index contributed by atoms with van der Waals surface area (Å²) in [4.78, 5) is 0. The highest BCUT2D eigenvalue weighted by Crippen LogP contribution is 1.95. The summed E-state index contributed by atoms with van der Waals surface area (Å²) >= 11 is 5.52. The zero-order valence-electron chi connectivity index (χ0n) is 6.05. The third-order valence-electron chi connectivity index (χ3n) is 1.29. The van der Waals surface area contributed by atoms with Gasteiger partial charge in [-0.2, -0.15) is 5.10 Å². The maximum absolute atomic E-state index is 5.52. The minimum Gasteiger partial charge on any atom is -0.272 e. The Morgan fingerprint density at radius 3 is 3.00 bits per heavy atom. The number of hydrogen-bond acceptors (Lipinski definition) is 1. The van der Waals surface area contributed by atoms with Gasteiger partial charge in [-0.05, 0) is 19.4 Å². The Bertz CT molecular complexity index is 195. The summed E-state index contributed by atoms with van der Waals surface area (Å²) in [6, 6.07) is 1.99. The highest BCUT2D eigenvalue weighted by molar-refractivity contribution is 6.17. The average Bonchev–Trinajstić information content (AvgIpc) is 2.31. The highest BCUT2D eigenvalue weighted by Gasteiger charge is 1.91. The lowest BCUT2D eigenvalue weighted by Crippen LogP contribution is -1.98. The van der Waals surface area contributed by atoms with Crippen LogP contribution in [0.15, 0.2) is 12.3 Å². The second kappa shape index (κ2) is 3.62. The number of rotatable bonds is 3. The molecule has 0 aliphatic carbocycles. The van der Waals surface area contributed by atoms with Crippen molar-refractivity contribution in [1.29, 1.82) is 0 Å². The van der Waals surface area contributed by atoms with Gasteiger partial charge in [-0.15, -0.1) is 11.6 Å². The molecule has 1 aromatic heterocycles. The summed E-state index contributed by atoms with van der Waals surface area (Å²) in [5, 5.41) is 4.21. The number of aryl methyl sites for hydroxylation is 2. The van der Waals surface area contributed by atoms with E-state index >= 15 is 0 Å². The van der Waals surface area contributed by atoms with Crippen LogP contribution in [-0.4, -0.2) is 15.7 Å². The molecule has 1 rings (SSSR count). The van der Waals surface area contributed by atoms with Crippen molar-refractivity contribution in [3.05, 3.63) is 18.0 Å². The van der Waals surface area contributed by atoms with Gasteiger partial charge in [0.25, 0.3) is 0 Å². The maximum atomic E-state index is 5.52. The number of hydrogen-bond donors (Lipinski definition) is 0. The number of halogens is 1. The summed E-state index contributed by atoms with van der Waals surface area (Å²) in [6.07, 6.45) is 2.96. The van der Waals surface area contributed by atoms with Gasteiger partial charge in [-0.1, -0.05) is 0 Å². The molecule has 1 heterocycles. The summed E-state index contributed by atoms with van der Waals surface area (Å²) < 4.78 is 1.91. The summed E-state index contributed by atoms with van der Waals surface area (Å²) in [6.45, 7) is 2.91. The second-order valence-electron chi connectivity index (χ2n) is 2.26. The van der Waals surface area contributed by atoms with Crippen LogP contribution in [0.25, 0.3) is 0 Å². The predicted octanol–water partition coefficient (Wildman–Crippen LogP) is 1.82. The van der Waals surface area contributed by atoms with E-state index in [1.165, 1.54) is 0 Å². The van der Waals surface area contributed by atoms with E-state index < -0.39 is 0 Å². The van der Waals surface area contributed by atoms with Gasteiger partial charge >= 0.3 is 0 Å². The first-order chi connectivity index (χ1) is 4.83. The van der Waals surface area contributed by atoms with Crippen LogP contribution in [0.5, 0.6) is 0 Å². The Kier molecular flexibility index (Phi) is 2.75. The van der Waals surface area contributed by atoms with Crippen LogP contribution < -0.4 is 0 Å². The molecule has 0 amide bonds. The minimum absolute atomic E-state index is 0.707. The molecule has 0 aliphatic heterocycles. The van der Waals surface area contributed by atoms with Gasteiger partial charge in [0.1, 0.15) is 0 Å². The third kappa shape index (κ3) is 2.03. The van der Waals surface area contributed by atoms with Crippen LogP contribution in [0.4, 0.5) is 0 Å². The molecule has 0 saturated carbocycles. The smallest absolute Gasteiger partial charge is 0.0593 e. The van der Waals surface area contributed by atoms with E-state index in [2.05, 4.69) is 5.10 Å². The molecule has 3 heteroatoms. The van der Waals surface area contributed by atoms with E-state index in [1.54, 1.807) is 0 Å². The molecule has 10 heavy (non-hydrogen) atoms. The normalized spacial score (nSPS) is 10.2. The van der Waals surface area contributed by atoms with Crippen molar-refractivity contribution < 1.29 is 0 Å². The second-order valence-corrected chi connectivity index (χ2v) is 2.64. The van der Waals surface area contributed by atoms with Crippen molar-refractivity contribution in [1.82, 2.24) is 9.78 Å². The molecular weight excluding hydrogens is 148 g/mol. The van der Waals surface area contributed by atoms with Gasteiger partial charge in [-0.3, -0.25) is 4.68 Å². The fraction of sp³-hybridized carbons (Fsp3) is 0.571. The van der Waals surface area contributed by atoms with Crippen molar-refractivity contribution >= 4 is 11.6 Å². The van der Waals surface area contributed by atoms with Crippen LogP contribution in [0.3, 0.4) is 0 Å². The van der Waals surface area contributed by atoms with E-state index in [1.807, 2.05) is 23.9 Å². The van der Waals surface area contributed by atoms with Crippen molar-refractivity contribution in [2.75, 3.05) is 5.88 Å². The lowest BCUT2D eigenvalue weighted by Gasteiger charge is -1.95. The summed E-state index contributed by atoms with van der Waals surface area (Å²) in [5.41, 5.74) is 1.06. The SMILES string of the molecule is Cc1ccn(CCCCl)n1. The average molecular weight is 159 g/mol. The highest BCUT2D eigenvalue weighted by atomic mass is 35.5. The van der Waals surface area contributed by atoms with Crippen LogP contribution >= 0.6 is 11.6 Å². The van der Waals surface area contributed by atoms with Crippen molar-refractivity contribution in [3.8, 4) is 0 Å². The lowest BCUT2D eigenvalue weighted by molar-refractivity contribution is 0.600. The van der Waals surface area contributed by atoms with Crippen molar-refractivity contribution in [2.24, 2.45) is 0 Å². The molecule has 0 spiro atoms. The van der Waals surface area contributed by atoms with Crippen LogP contribution in [-0.2, 0) is 6.54 Å². The molecule has 0 unspecified atom stereocenters. The van der Waals surface area contributed by atoms with Gasteiger partial charge in [0.2, 0.25) is 0 Å². The molecule has 0 atom stereocenters. The number of aromatic nitrogens is 2. The van der Waals surface area contributed by atoms with Crippen LogP contribution in [0.2, 0.25) is 0 Å². The van der Waals surface area contributed by atoms with E-state index in [9.17, 15) is 0 Å². The minimum atomic E-state index is 0.707. The third-order valence-corrected chi connectivity index (χ3v) is 1.56. The summed E-state index contributed by atoms with van der Waals surface area (Å²) in [5.74, 6) is 0.707. The Morgan fingerprint density at radius 1 is 1.70 bits per heavy atom. The zero-order valence-corrected chi connectivity index (χ0v) is 6.80. The van der Waals surface area contributed by atoms with Gasteiger partial charge < -0.3 is 0 Å². The lowest BCUT2D eigenvalue weighted by atomic mass is 10.5. The predicted molar refractivity (Wildman–Crippen MR) is 42.3 cm³/mol. The van der Waals surface area contributed by atoms with Crippen molar-refractivity contribution in [2.45, 2.75) is 19.9 Å². The molecule has 0 saturated heterocycles. The van der Waals surface area contributed by atoms with Gasteiger partial charge in [0.05, 0.1) is 5.69 Å². The molecule has 0 fully saturated rings. The first-order valence-corrected chi connectivity index (χ1v) is 3.92. The Morgan fingerprint density at radius 2 is 2.50 bits per heavy atom. The topological polar surface area (TPSA) is 17.8 Å². The summed E-state index contributed by atoms with van der Waals surface area (Å²) in [7, 11) is 0. The van der Waals surface area contributed by atoms with E-state index in [4.69, 9.17) is 11.6 Å². The quantitative estimate of drug-likeness (QED) is 0.614. The first kappa shape index (κ1) is 7.61. The fourth-order valence-corrected chi connectivity index (χ4v) is 0.929. The van der Waals surface area contributed by atoms with E-state index in [0.717, 1.165) is 18.7 Å². The van der Waals surface area contributed by atoms with Crippen LogP contribution in [0.1, 0.15) is 12.1 Å². The van der Waals surface area contributed by atoms with Gasteiger partial charge in [-0.25, -0.2) is 0 Å². The van der Waals surface area contributed by atoms with Gasteiger partial charge in [0, 0.05) is 18.6 Å². The molecule has 2 nitrogen and oxygen atoms in total. The molecule has 1 aromatic rings. The fourth-order valence-electron chi connectivity index (χ4n) is 0.809. The molecular formula is C7H11ClN2. The molecule has 0 N–H and O–H groups in total. The molecule has 0 aliphatic rings. The Hall–Kier alpha value is -0.500. The standard InChI is InChI=1S/C7H11ClN2/c1-7-3-6-10(9-7)5-2-4-8/h3,6H,2,4-5H2,1H3. The zero-order chi connectivity index (χ0) is 7.40. The van der Waals surface area contributed by atoms with Crippen molar-refractivity contribution in [3.63, 3.8) is 0 Å². The first-order valence-electron chi connectivity index (χ1n) is 3.39. The number of nitrogens with zero attached hydrogens (tertiary/aromatic N) is 2. The maximum Gasteiger partial charge on any atom is 0.0593 e. The molecule has 0 aromatic carbocycles. The molecule has 0 bridgehead atoms. The monoisotopic (exact) mass is 158 g/mol. The Labute approximate surface area is 65.8 Å². The van der Waals surface area contributed by atoms with Gasteiger partial charge in [0.15, 0.2) is 0 Å². The Balaban J connectivity index is 2.42. The number of alkyl halides is 1. The largest absolute Gasteiger partial charge is 0.272 e. The molecule has 0 radical (unpaired) electrons. The van der Waals surface area contributed by atoms with E-state index in [0.29, 0.717) is 5.88 Å². The van der Waals surface area contributed by atoms with Crippen LogP contribution in [0, 0.1) is 6.92 Å². The van der Waals surface area contributed by atoms with E-state index in [-0.39, 0.29) is 0 Å².